The van der Waals surface area contributed by atoms with E-state index in [1.807, 2.05) is 0 Å². The molecule has 1 aromatic carbocycles. The van der Waals surface area contributed by atoms with Gasteiger partial charge in [-0.25, -0.2) is 8.78 Å². The van der Waals surface area contributed by atoms with E-state index in [1.165, 1.54) is 24.5 Å². The summed E-state index contributed by atoms with van der Waals surface area (Å²) in [6, 6.07) is 5.86. The highest BCUT2D eigenvalue weighted by Crippen LogP contribution is 2.13. The monoisotopic (exact) mass is 270 g/mol. The van der Waals surface area contributed by atoms with Gasteiger partial charge >= 0.3 is 0 Å². The van der Waals surface area contributed by atoms with Crippen molar-refractivity contribution in [2.45, 2.75) is 4.90 Å². The molecule has 6 heteroatoms. The minimum atomic E-state index is -1.73. The maximum atomic E-state index is 12.9. The number of hydrogen-bond donors (Lipinski definition) is 0. The zero-order valence-corrected chi connectivity index (χ0v) is 9.88. The summed E-state index contributed by atoms with van der Waals surface area (Å²) >= 11 is 0. The number of halogens is 2. The van der Waals surface area contributed by atoms with Crippen molar-refractivity contribution in [1.82, 2.24) is 0 Å². The van der Waals surface area contributed by atoms with Gasteiger partial charge in [0.2, 0.25) is 5.78 Å². The molecule has 1 heterocycles. The number of Topliss-reactive ketones (excluding diaryl/α,β-unsaturated/α-hetero) is 1. The zero-order chi connectivity index (χ0) is 13.1. The van der Waals surface area contributed by atoms with E-state index in [0.717, 1.165) is 12.1 Å². The Hall–Kier alpha value is -1.82. The molecule has 0 saturated carbocycles. The molecule has 0 spiro atoms. The first kappa shape index (κ1) is 12.6. The van der Waals surface area contributed by atoms with E-state index in [2.05, 4.69) is 0 Å². The van der Waals surface area contributed by atoms with Gasteiger partial charge in [0.15, 0.2) is 17.4 Å². The third-order valence-corrected chi connectivity index (χ3v) is 3.52. The molecule has 0 fully saturated rings. The minimum absolute atomic E-state index is 0.0637. The third kappa shape index (κ3) is 2.70. The van der Waals surface area contributed by atoms with Gasteiger partial charge in [0, 0.05) is 4.90 Å². The summed E-state index contributed by atoms with van der Waals surface area (Å²) in [5, 5.41) is 0. The van der Waals surface area contributed by atoms with Crippen molar-refractivity contribution in [1.29, 1.82) is 0 Å². The van der Waals surface area contributed by atoms with Crippen molar-refractivity contribution < 1.29 is 22.2 Å². The summed E-state index contributed by atoms with van der Waals surface area (Å²) in [6.45, 7) is 0. The highest BCUT2D eigenvalue weighted by atomic mass is 32.2. The molecule has 0 saturated heterocycles. The summed E-state index contributed by atoms with van der Waals surface area (Å²) in [4.78, 5) is 11.7. The lowest BCUT2D eigenvalue weighted by Gasteiger charge is -2.01. The Labute approximate surface area is 104 Å². The number of rotatable bonds is 4. The third-order valence-electron chi connectivity index (χ3n) is 2.21. The van der Waals surface area contributed by atoms with Gasteiger partial charge in [-0.2, -0.15) is 0 Å². The van der Waals surface area contributed by atoms with Crippen molar-refractivity contribution >= 4 is 16.6 Å². The van der Waals surface area contributed by atoms with Crippen LogP contribution in [0.4, 0.5) is 8.78 Å². The van der Waals surface area contributed by atoms with E-state index in [0.29, 0.717) is 0 Å². The predicted octanol–water partition coefficient (Wildman–Crippen LogP) is 2.55. The van der Waals surface area contributed by atoms with Gasteiger partial charge in [-0.05, 0) is 30.3 Å². The summed E-state index contributed by atoms with van der Waals surface area (Å²) in [5.74, 6) is -2.81. The second-order valence-electron chi connectivity index (χ2n) is 3.47. The number of benzene rings is 1. The molecule has 0 N–H and O–H groups in total. The molecule has 0 amide bonds. The van der Waals surface area contributed by atoms with Crippen molar-refractivity contribution in [2.75, 3.05) is 5.75 Å². The van der Waals surface area contributed by atoms with Crippen molar-refractivity contribution in [3.63, 3.8) is 0 Å². The Kier molecular flexibility index (Phi) is 3.66. The smallest absolute Gasteiger partial charge is 0.210 e. The molecule has 0 aliphatic heterocycles. The van der Waals surface area contributed by atoms with Crippen LogP contribution in [0.15, 0.2) is 45.9 Å². The van der Waals surface area contributed by atoms with Crippen LogP contribution in [-0.4, -0.2) is 15.7 Å². The lowest BCUT2D eigenvalue weighted by molar-refractivity contribution is 0.0991. The number of carbonyl (C=O) groups is 1. The zero-order valence-electron chi connectivity index (χ0n) is 9.06. The fourth-order valence-electron chi connectivity index (χ4n) is 1.33. The fourth-order valence-corrected chi connectivity index (χ4v) is 2.33. The standard InChI is InChI=1S/C12H8F2O3S/c13-9-4-3-8(6-10(9)14)18(16)7-11(15)12-2-1-5-17-12/h1-6H,7H2. The maximum absolute atomic E-state index is 12.9. The summed E-state index contributed by atoms with van der Waals surface area (Å²) < 4.78 is 42.3. The van der Waals surface area contributed by atoms with Gasteiger partial charge in [0.1, 0.15) is 0 Å². The molecule has 0 aliphatic rings. The molecule has 2 aromatic rings. The first-order valence-corrected chi connectivity index (χ1v) is 6.30. The highest BCUT2D eigenvalue weighted by Gasteiger charge is 2.15. The van der Waals surface area contributed by atoms with Crippen LogP contribution in [0.2, 0.25) is 0 Å². The Morgan fingerprint density at radius 1 is 1.22 bits per heavy atom. The average Bonchev–Trinajstić information content (AvgIpc) is 2.86. The molecule has 94 valence electrons. The molecule has 1 atom stereocenters. The molecular weight excluding hydrogens is 262 g/mol. The highest BCUT2D eigenvalue weighted by molar-refractivity contribution is 7.85. The SMILES string of the molecule is O=C(CS(=O)c1ccc(F)c(F)c1)c1ccco1. The average molecular weight is 270 g/mol. The van der Waals surface area contributed by atoms with Crippen LogP contribution in [0.5, 0.6) is 0 Å². The van der Waals surface area contributed by atoms with Crippen LogP contribution in [0.3, 0.4) is 0 Å². The van der Waals surface area contributed by atoms with Crippen LogP contribution in [0.1, 0.15) is 10.6 Å². The Morgan fingerprint density at radius 3 is 2.61 bits per heavy atom. The van der Waals surface area contributed by atoms with E-state index in [4.69, 9.17) is 4.42 Å². The fraction of sp³-hybridized carbons (Fsp3) is 0.0833. The molecule has 1 unspecified atom stereocenters. The van der Waals surface area contributed by atoms with Crippen LogP contribution in [0.25, 0.3) is 0 Å². The van der Waals surface area contributed by atoms with Gasteiger partial charge in [-0.15, -0.1) is 0 Å². The van der Waals surface area contributed by atoms with Crippen LogP contribution in [0, 0.1) is 11.6 Å². The van der Waals surface area contributed by atoms with E-state index in [-0.39, 0.29) is 16.4 Å². The molecule has 0 aliphatic carbocycles. The second-order valence-corrected chi connectivity index (χ2v) is 4.92. The molecule has 2 rings (SSSR count). The Bertz CT molecular complexity index is 593. The molecule has 3 nitrogen and oxygen atoms in total. The van der Waals surface area contributed by atoms with Crippen molar-refractivity contribution in [2.24, 2.45) is 0 Å². The largest absolute Gasteiger partial charge is 0.461 e. The van der Waals surface area contributed by atoms with Crippen molar-refractivity contribution in [3.05, 3.63) is 54.0 Å². The summed E-state index contributed by atoms with van der Waals surface area (Å²) in [5.41, 5.74) is 0. The number of hydrogen-bond acceptors (Lipinski definition) is 3. The molecular formula is C12H8F2O3S. The van der Waals surface area contributed by atoms with Gasteiger partial charge in [-0.3, -0.25) is 9.00 Å². The molecule has 0 bridgehead atoms. The van der Waals surface area contributed by atoms with Gasteiger partial charge in [-0.1, -0.05) is 0 Å². The van der Waals surface area contributed by atoms with Crippen molar-refractivity contribution in [3.8, 4) is 0 Å². The van der Waals surface area contributed by atoms with Gasteiger partial charge < -0.3 is 4.42 Å². The Balaban J connectivity index is 2.12. The quantitative estimate of drug-likeness (QED) is 0.802. The van der Waals surface area contributed by atoms with Crippen LogP contribution < -0.4 is 0 Å². The summed E-state index contributed by atoms with van der Waals surface area (Å²) in [7, 11) is -1.73. The van der Waals surface area contributed by atoms with E-state index in [1.54, 1.807) is 0 Å². The Morgan fingerprint density at radius 2 is 2.00 bits per heavy atom. The normalized spacial score (nSPS) is 12.3. The first-order chi connectivity index (χ1) is 8.58. The second kappa shape index (κ2) is 5.22. The van der Waals surface area contributed by atoms with Gasteiger partial charge in [0.25, 0.3) is 0 Å². The van der Waals surface area contributed by atoms with Gasteiger partial charge in [0.05, 0.1) is 22.8 Å². The minimum Gasteiger partial charge on any atom is -0.461 e. The van der Waals surface area contributed by atoms with E-state index in [9.17, 15) is 17.8 Å². The van der Waals surface area contributed by atoms with E-state index >= 15 is 0 Å². The first-order valence-electron chi connectivity index (χ1n) is 4.98. The summed E-state index contributed by atoms with van der Waals surface area (Å²) in [6.07, 6.45) is 1.33. The van der Waals surface area contributed by atoms with Crippen LogP contribution >= 0.6 is 0 Å². The maximum Gasteiger partial charge on any atom is 0.210 e. The lowest BCUT2D eigenvalue weighted by Crippen LogP contribution is -2.10. The molecule has 1 aromatic heterocycles. The van der Waals surface area contributed by atoms with Crippen LogP contribution in [-0.2, 0) is 10.8 Å². The molecule has 18 heavy (non-hydrogen) atoms. The lowest BCUT2D eigenvalue weighted by atomic mass is 10.3. The van der Waals surface area contributed by atoms with E-state index < -0.39 is 28.2 Å². The number of ketones is 1. The number of furan rings is 1. The molecule has 0 radical (unpaired) electrons. The number of carbonyl (C=O) groups excluding carboxylic acids is 1. The topological polar surface area (TPSA) is 47.3 Å². The predicted molar refractivity (Wildman–Crippen MR) is 60.7 cm³/mol.